The van der Waals surface area contributed by atoms with Crippen molar-refractivity contribution in [1.29, 1.82) is 0 Å². The van der Waals surface area contributed by atoms with Gasteiger partial charge in [-0.3, -0.25) is 4.79 Å². The van der Waals surface area contributed by atoms with E-state index in [4.69, 9.17) is 9.47 Å². The molecule has 0 aromatic heterocycles. The van der Waals surface area contributed by atoms with Crippen LogP contribution in [0, 0.1) is 17.3 Å². The Balaban J connectivity index is 1.41. The van der Waals surface area contributed by atoms with Crippen LogP contribution in [0.25, 0.3) is 0 Å². The zero-order valence-electron chi connectivity index (χ0n) is 13.3. The molecule has 1 heterocycles. The van der Waals surface area contributed by atoms with Crippen molar-refractivity contribution >= 4 is 12.1 Å². The third kappa shape index (κ3) is 2.31. The number of benzene rings is 1. The number of fused-ring (bicyclic) bond motifs is 2. The number of hydrogen-bond donors (Lipinski definition) is 1. The van der Waals surface area contributed by atoms with E-state index in [-0.39, 0.29) is 12.7 Å². The van der Waals surface area contributed by atoms with Crippen molar-refractivity contribution in [3.8, 4) is 11.5 Å². The Bertz CT molecular complexity index is 721. The molecular weight excluding hydrogens is 292 g/mol. The first-order chi connectivity index (χ1) is 11.1. The predicted octanol–water partition coefficient (Wildman–Crippen LogP) is 3.12. The Morgan fingerprint density at radius 3 is 2.96 bits per heavy atom. The molecule has 2 unspecified atom stereocenters. The minimum absolute atomic E-state index is 0.199. The Labute approximate surface area is 135 Å². The molecule has 1 amide bonds. The van der Waals surface area contributed by atoms with Crippen LogP contribution in [-0.4, -0.2) is 18.9 Å². The molecule has 1 aliphatic heterocycles. The van der Waals surface area contributed by atoms with E-state index in [1.54, 1.807) is 24.4 Å². The number of nitrogens with zero attached hydrogens (tertiary/aromatic N) is 1. The average Bonchev–Trinajstić information content (AvgIpc) is 3.02. The summed E-state index contributed by atoms with van der Waals surface area (Å²) in [6, 6.07) is 5.12. The van der Waals surface area contributed by atoms with Gasteiger partial charge in [-0.15, -0.1) is 0 Å². The molecule has 1 aromatic carbocycles. The maximum Gasteiger partial charge on any atom is 0.271 e. The standard InChI is InChI=1S/C18H20N2O3/c1-18(2)13-5-3-12(14(18)8-13)9-19-20-17(21)11-4-6-15-16(7-11)23-10-22-15/h3-4,6-7,9,13-14H,5,8,10H2,1-2H3,(H,20,21)/b19-9+. The van der Waals surface area contributed by atoms with E-state index in [2.05, 4.69) is 30.5 Å². The summed E-state index contributed by atoms with van der Waals surface area (Å²) in [5.41, 5.74) is 4.70. The molecule has 1 fully saturated rings. The summed E-state index contributed by atoms with van der Waals surface area (Å²) in [6.45, 7) is 4.83. The summed E-state index contributed by atoms with van der Waals surface area (Å²) >= 11 is 0. The van der Waals surface area contributed by atoms with Crippen LogP contribution in [0.5, 0.6) is 11.5 Å². The highest BCUT2D eigenvalue weighted by molar-refractivity contribution is 5.95. The Hall–Kier alpha value is -2.30. The maximum absolute atomic E-state index is 12.2. The SMILES string of the molecule is CC1(C)C2CC=C(/C=N/NC(=O)c3ccc4c(c3)OCO4)C1C2. The van der Waals surface area contributed by atoms with Gasteiger partial charge < -0.3 is 9.47 Å². The molecule has 120 valence electrons. The summed E-state index contributed by atoms with van der Waals surface area (Å²) in [5, 5.41) is 4.14. The smallest absolute Gasteiger partial charge is 0.271 e. The van der Waals surface area contributed by atoms with E-state index in [1.165, 1.54) is 12.0 Å². The van der Waals surface area contributed by atoms with E-state index in [0.29, 0.717) is 28.4 Å². The van der Waals surface area contributed by atoms with Crippen LogP contribution in [0.2, 0.25) is 0 Å². The summed E-state index contributed by atoms with van der Waals surface area (Å²) in [7, 11) is 0. The fourth-order valence-electron chi connectivity index (χ4n) is 3.81. The normalized spacial score (nSPS) is 26.6. The van der Waals surface area contributed by atoms with E-state index in [9.17, 15) is 4.79 Å². The lowest BCUT2D eigenvalue weighted by Gasteiger charge is -2.55. The van der Waals surface area contributed by atoms with Crippen LogP contribution in [0.3, 0.4) is 0 Å². The van der Waals surface area contributed by atoms with E-state index >= 15 is 0 Å². The fraction of sp³-hybridized carbons (Fsp3) is 0.444. The highest BCUT2D eigenvalue weighted by Crippen LogP contribution is 2.58. The first-order valence-corrected chi connectivity index (χ1v) is 7.99. The van der Waals surface area contributed by atoms with Gasteiger partial charge in [0.25, 0.3) is 5.91 Å². The summed E-state index contributed by atoms with van der Waals surface area (Å²) in [5.74, 6) is 2.38. The number of nitrogens with one attached hydrogen (secondary N) is 1. The number of ether oxygens (including phenoxy) is 2. The minimum Gasteiger partial charge on any atom is -0.454 e. The lowest BCUT2D eigenvalue weighted by molar-refractivity contribution is -0.00126. The maximum atomic E-state index is 12.2. The second kappa shape index (κ2) is 5.11. The van der Waals surface area contributed by atoms with Crippen molar-refractivity contribution in [1.82, 2.24) is 5.43 Å². The van der Waals surface area contributed by atoms with Crippen molar-refractivity contribution < 1.29 is 14.3 Å². The largest absolute Gasteiger partial charge is 0.454 e. The second-order valence-corrected chi connectivity index (χ2v) is 7.01. The first-order valence-electron chi connectivity index (χ1n) is 7.99. The third-order valence-corrected chi connectivity index (χ3v) is 5.53. The molecule has 2 bridgehead atoms. The number of rotatable bonds is 3. The number of amides is 1. The number of allylic oxidation sites excluding steroid dienone is 2. The van der Waals surface area contributed by atoms with Gasteiger partial charge in [0.2, 0.25) is 6.79 Å². The van der Waals surface area contributed by atoms with Crippen LogP contribution in [0.4, 0.5) is 0 Å². The molecular formula is C18H20N2O3. The number of carbonyl (C=O) groups excluding carboxylic acids is 1. The van der Waals surface area contributed by atoms with Crippen molar-refractivity contribution in [2.24, 2.45) is 22.4 Å². The molecule has 1 aromatic rings. The van der Waals surface area contributed by atoms with Gasteiger partial charge in [0.05, 0.1) is 6.21 Å². The molecule has 5 nitrogen and oxygen atoms in total. The van der Waals surface area contributed by atoms with Crippen molar-refractivity contribution in [3.05, 3.63) is 35.4 Å². The quantitative estimate of drug-likeness (QED) is 0.689. The van der Waals surface area contributed by atoms with E-state index in [0.717, 1.165) is 12.3 Å². The number of hydrogen-bond acceptors (Lipinski definition) is 4. The van der Waals surface area contributed by atoms with E-state index < -0.39 is 0 Å². The summed E-state index contributed by atoms with van der Waals surface area (Å²) in [4.78, 5) is 12.2. The molecule has 5 rings (SSSR count). The van der Waals surface area contributed by atoms with Gasteiger partial charge in [0, 0.05) is 5.56 Å². The molecule has 3 aliphatic carbocycles. The van der Waals surface area contributed by atoms with Gasteiger partial charge in [0.15, 0.2) is 11.5 Å². The number of carbonyl (C=O) groups is 1. The van der Waals surface area contributed by atoms with Gasteiger partial charge in [-0.1, -0.05) is 19.9 Å². The lowest BCUT2D eigenvalue weighted by Crippen LogP contribution is -2.48. The zero-order chi connectivity index (χ0) is 16.0. The molecule has 1 saturated carbocycles. The minimum atomic E-state index is -0.248. The molecule has 0 radical (unpaired) electrons. The summed E-state index contributed by atoms with van der Waals surface area (Å²) < 4.78 is 10.5. The third-order valence-electron chi connectivity index (χ3n) is 5.53. The van der Waals surface area contributed by atoms with Crippen molar-refractivity contribution in [2.45, 2.75) is 26.7 Å². The highest BCUT2D eigenvalue weighted by atomic mass is 16.7. The Morgan fingerprint density at radius 1 is 1.35 bits per heavy atom. The first kappa shape index (κ1) is 14.3. The molecule has 23 heavy (non-hydrogen) atoms. The average molecular weight is 312 g/mol. The summed E-state index contributed by atoms with van der Waals surface area (Å²) in [6.07, 6.45) is 6.40. The van der Waals surface area contributed by atoms with Gasteiger partial charge >= 0.3 is 0 Å². The van der Waals surface area contributed by atoms with Gasteiger partial charge in [-0.25, -0.2) is 5.43 Å². The number of hydrazone groups is 1. The molecule has 0 spiro atoms. The van der Waals surface area contributed by atoms with Crippen LogP contribution in [0.1, 0.15) is 37.0 Å². The van der Waals surface area contributed by atoms with Gasteiger partial charge in [-0.2, -0.15) is 5.10 Å². The molecule has 0 saturated heterocycles. The molecule has 4 aliphatic rings. The lowest BCUT2D eigenvalue weighted by atomic mass is 9.49. The molecule has 5 heteroatoms. The van der Waals surface area contributed by atoms with Crippen molar-refractivity contribution in [2.75, 3.05) is 6.79 Å². The van der Waals surface area contributed by atoms with Crippen LogP contribution >= 0.6 is 0 Å². The highest BCUT2D eigenvalue weighted by Gasteiger charge is 2.50. The van der Waals surface area contributed by atoms with Gasteiger partial charge in [0.1, 0.15) is 0 Å². The Morgan fingerprint density at radius 2 is 2.17 bits per heavy atom. The van der Waals surface area contributed by atoms with Crippen LogP contribution < -0.4 is 14.9 Å². The topological polar surface area (TPSA) is 59.9 Å². The fourth-order valence-corrected chi connectivity index (χ4v) is 3.81. The molecule has 1 N–H and O–H groups in total. The second-order valence-electron chi connectivity index (χ2n) is 7.01. The molecule has 2 atom stereocenters. The van der Waals surface area contributed by atoms with Crippen LogP contribution in [0.15, 0.2) is 34.9 Å². The van der Waals surface area contributed by atoms with Gasteiger partial charge in [-0.05, 0) is 53.9 Å². The predicted molar refractivity (Wildman–Crippen MR) is 86.6 cm³/mol. The van der Waals surface area contributed by atoms with Crippen molar-refractivity contribution in [3.63, 3.8) is 0 Å². The zero-order valence-corrected chi connectivity index (χ0v) is 13.3. The van der Waals surface area contributed by atoms with Crippen LogP contribution in [-0.2, 0) is 0 Å². The Kier molecular flexibility index (Phi) is 3.18. The monoisotopic (exact) mass is 312 g/mol. The van der Waals surface area contributed by atoms with E-state index in [1.807, 2.05) is 0 Å².